The van der Waals surface area contributed by atoms with Crippen molar-refractivity contribution in [3.63, 3.8) is 0 Å². The SMILES string of the molecule is C=C/C=C\c1s/c(=C(C)/C(C)=C(\C)OCC(O)C[N+](C)(C)C)c(=C)c(=O)c1C. The Balaban J connectivity index is 3.33. The number of aliphatic hydroxyl groups is 1. The summed E-state index contributed by atoms with van der Waals surface area (Å²) in [5.74, 6) is 0.737. The van der Waals surface area contributed by atoms with Crippen LogP contribution < -0.4 is 15.2 Å². The van der Waals surface area contributed by atoms with Crippen LogP contribution in [0.15, 0.2) is 34.9 Å². The van der Waals surface area contributed by atoms with E-state index in [1.54, 1.807) is 17.4 Å². The fourth-order valence-electron chi connectivity index (χ4n) is 2.76. The first-order valence-electron chi connectivity index (χ1n) is 9.30. The summed E-state index contributed by atoms with van der Waals surface area (Å²) in [6.45, 7) is 16.2. The Morgan fingerprint density at radius 2 is 1.89 bits per heavy atom. The molecule has 0 spiro atoms. The van der Waals surface area contributed by atoms with Crippen LogP contribution in [0.2, 0.25) is 0 Å². The van der Waals surface area contributed by atoms with Gasteiger partial charge in [-0.05, 0) is 44.9 Å². The molecule has 0 saturated heterocycles. The third-order valence-corrected chi connectivity index (χ3v) is 5.95. The van der Waals surface area contributed by atoms with Crippen LogP contribution in [0.3, 0.4) is 0 Å². The number of rotatable bonds is 8. The summed E-state index contributed by atoms with van der Waals surface area (Å²) < 4.78 is 7.34. The Morgan fingerprint density at radius 3 is 2.43 bits per heavy atom. The standard InChI is InChI=1S/C23H34NO3S/c1-10-11-12-21-17(4)22(26)18(5)23(28-21)16(3)15(2)19(6)27-14-20(25)13-24(7,8)9/h10-12,20,25H,1,5,13-14H2,2-4,6-9H3/q+1/b12-11-,19-15+,23-16+. The Hall–Kier alpha value is -1.95. The number of ether oxygens (including phenoxy) is 1. The predicted molar refractivity (Wildman–Crippen MR) is 122 cm³/mol. The fourth-order valence-corrected chi connectivity index (χ4v) is 3.89. The van der Waals surface area contributed by atoms with Crippen LogP contribution in [0.4, 0.5) is 0 Å². The maximum Gasteiger partial charge on any atom is 0.190 e. The molecule has 0 amide bonds. The molecular formula is C23H34NO3S+. The van der Waals surface area contributed by atoms with E-state index in [1.807, 2.05) is 61.0 Å². The highest BCUT2D eigenvalue weighted by Crippen LogP contribution is 2.16. The second-order valence-electron chi connectivity index (χ2n) is 8.07. The summed E-state index contributed by atoms with van der Waals surface area (Å²) in [5, 5.41) is 10.7. The maximum absolute atomic E-state index is 12.6. The molecule has 0 aliphatic carbocycles. The summed E-state index contributed by atoms with van der Waals surface area (Å²) in [5.41, 5.74) is 2.56. The van der Waals surface area contributed by atoms with E-state index in [0.717, 1.165) is 26.3 Å². The highest BCUT2D eigenvalue weighted by Gasteiger charge is 2.16. The van der Waals surface area contributed by atoms with E-state index in [9.17, 15) is 9.90 Å². The number of likely N-dealkylation sites (N-methyl/N-ethyl adjacent to an activating group) is 1. The van der Waals surface area contributed by atoms with Gasteiger partial charge in [-0.15, -0.1) is 11.3 Å². The summed E-state index contributed by atoms with van der Waals surface area (Å²) in [4.78, 5) is 13.5. The summed E-state index contributed by atoms with van der Waals surface area (Å²) in [7, 11) is 6.09. The molecule has 5 heteroatoms. The smallest absolute Gasteiger partial charge is 0.190 e. The molecule has 0 aromatic carbocycles. The van der Waals surface area contributed by atoms with E-state index in [4.69, 9.17) is 4.74 Å². The number of quaternary nitrogens is 1. The van der Waals surface area contributed by atoms with Crippen molar-refractivity contribution in [1.82, 2.24) is 0 Å². The van der Waals surface area contributed by atoms with Crippen LogP contribution in [-0.2, 0) is 4.74 Å². The number of allylic oxidation sites excluding steroid dienone is 4. The monoisotopic (exact) mass is 404 g/mol. The van der Waals surface area contributed by atoms with E-state index < -0.39 is 6.10 Å². The van der Waals surface area contributed by atoms with Crippen molar-refractivity contribution in [1.29, 1.82) is 0 Å². The largest absolute Gasteiger partial charge is 0.495 e. The van der Waals surface area contributed by atoms with Gasteiger partial charge in [0, 0.05) is 20.2 Å². The predicted octanol–water partition coefficient (Wildman–Crippen LogP) is 2.57. The van der Waals surface area contributed by atoms with Gasteiger partial charge in [-0.25, -0.2) is 0 Å². The number of aliphatic hydroxyl groups excluding tert-OH is 1. The lowest BCUT2D eigenvalue weighted by atomic mass is 10.1. The van der Waals surface area contributed by atoms with Crippen molar-refractivity contribution in [2.45, 2.75) is 33.8 Å². The third kappa shape index (κ3) is 6.59. The molecule has 1 N–H and O–H groups in total. The van der Waals surface area contributed by atoms with Gasteiger partial charge in [0.1, 0.15) is 19.3 Å². The molecule has 0 aliphatic rings. The second-order valence-corrected chi connectivity index (χ2v) is 9.12. The van der Waals surface area contributed by atoms with E-state index in [0.29, 0.717) is 21.8 Å². The minimum atomic E-state index is -0.544. The molecule has 4 nitrogen and oxygen atoms in total. The molecule has 0 aliphatic heterocycles. The van der Waals surface area contributed by atoms with Crippen LogP contribution in [-0.4, -0.2) is 50.0 Å². The maximum atomic E-state index is 12.6. The van der Waals surface area contributed by atoms with Crippen molar-refractivity contribution in [2.75, 3.05) is 34.3 Å². The molecule has 0 radical (unpaired) electrons. The van der Waals surface area contributed by atoms with Crippen LogP contribution in [0.1, 0.15) is 31.2 Å². The zero-order chi connectivity index (χ0) is 21.6. The van der Waals surface area contributed by atoms with Gasteiger partial charge < -0.3 is 14.3 Å². The van der Waals surface area contributed by atoms with Gasteiger partial charge in [0.25, 0.3) is 0 Å². The van der Waals surface area contributed by atoms with E-state index in [2.05, 4.69) is 13.2 Å². The zero-order valence-corrected chi connectivity index (χ0v) is 19.1. The first-order valence-corrected chi connectivity index (χ1v) is 10.1. The summed E-state index contributed by atoms with van der Waals surface area (Å²) in [6.07, 6.45) is 4.87. The Labute approximate surface area is 172 Å². The molecule has 154 valence electrons. The quantitative estimate of drug-likeness (QED) is 0.412. The summed E-state index contributed by atoms with van der Waals surface area (Å²) in [6, 6.07) is 0. The molecule has 1 unspecified atom stereocenters. The van der Waals surface area contributed by atoms with Gasteiger partial charge in [-0.3, -0.25) is 4.79 Å². The lowest BCUT2D eigenvalue weighted by molar-refractivity contribution is -0.873. The average molecular weight is 405 g/mol. The second kappa shape index (κ2) is 10.0. The lowest BCUT2D eigenvalue weighted by Crippen LogP contribution is -2.42. The molecular weight excluding hydrogens is 370 g/mol. The average Bonchev–Trinajstić information content (AvgIpc) is 2.61. The molecule has 28 heavy (non-hydrogen) atoms. The van der Waals surface area contributed by atoms with Crippen molar-refractivity contribution in [2.24, 2.45) is 0 Å². The first kappa shape index (κ1) is 24.1. The van der Waals surface area contributed by atoms with Gasteiger partial charge >= 0.3 is 0 Å². The minimum absolute atomic E-state index is 0.0402. The number of nitrogens with zero attached hydrogens (tertiary/aromatic N) is 1. The number of hydrogen-bond acceptors (Lipinski definition) is 4. The highest BCUT2D eigenvalue weighted by atomic mass is 32.1. The Kier molecular flexibility index (Phi) is 8.61. The third-order valence-electron chi connectivity index (χ3n) is 4.54. The number of hydrogen-bond donors (Lipinski definition) is 1. The topological polar surface area (TPSA) is 46.5 Å². The normalized spacial score (nSPS) is 15.3. The van der Waals surface area contributed by atoms with Crippen LogP contribution in [0.5, 0.6) is 0 Å². The highest BCUT2D eigenvalue weighted by molar-refractivity contribution is 7.10. The van der Waals surface area contributed by atoms with Crippen molar-refractivity contribution < 1.29 is 14.3 Å². The minimum Gasteiger partial charge on any atom is -0.495 e. The van der Waals surface area contributed by atoms with Crippen molar-refractivity contribution >= 4 is 29.6 Å². The van der Waals surface area contributed by atoms with Gasteiger partial charge in [0.2, 0.25) is 0 Å². The van der Waals surface area contributed by atoms with E-state index >= 15 is 0 Å². The van der Waals surface area contributed by atoms with Gasteiger partial charge in [-0.1, -0.05) is 25.3 Å². The zero-order valence-electron chi connectivity index (χ0n) is 18.3. The lowest BCUT2D eigenvalue weighted by Gasteiger charge is -2.26. The van der Waals surface area contributed by atoms with Crippen LogP contribution >= 0.6 is 11.3 Å². The van der Waals surface area contributed by atoms with Gasteiger partial charge in [0.15, 0.2) is 5.43 Å². The van der Waals surface area contributed by atoms with E-state index in [-0.39, 0.29) is 12.0 Å². The first-order chi connectivity index (χ1) is 12.9. The summed E-state index contributed by atoms with van der Waals surface area (Å²) >= 11 is 1.54. The molecule has 0 fully saturated rings. The Bertz CT molecular complexity index is 946. The molecule has 1 heterocycles. The molecule has 1 aromatic rings. The van der Waals surface area contributed by atoms with Crippen molar-refractivity contribution in [3.8, 4) is 0 Å². The van der Waals surface area contributed by atoms with E-state index in [1.165, 1.54) is 0 Å². The Morgan fingerprint density at radius 1 is 1.29 bits per heavy atom. The van der Waals surface area contributed by atoms with Gasteiger partial charge in [0.05, 0.1) is 26.9 Å². The van der Waals surface area contributed by atoms with Crippen molar-refractivity contribution in [3.05, 3.63) is 60.5 Å². The molecule has 0 saturated carbocycles. The van der Waals surface area contributed by atoms with Gasteiger partial charge in [-0.2, -0.15) is 0 Å². The molecule has 1 rings (SSSR count). The fraction of sp³-hybridized carbons (Fsp3) is 0.435. The molecule has 1 aromatic heterocycles. The van der Waals surface area contributed by atoms with Crippen LogP contribution in [0.25, 0.3) is 18.2 Å². The molecule has 0 bridgehead atoms. The molecule has 1 atom stereocenters. The van der Waals surface area contributed by atoms with Crippen LogP contribution in [0, 0.1) is 6.92 Å².